The summed E-state index contributed by atoms with van der Waals surface area (Å²) in [7, 11) is 0. The molecule has 2 aromatic rings. The van der Waals surface area contributed by atoms with Crippen LogP contribution in [0.3, 0.4) is 0 Å². The number of amides is 1. The van der Waals surface area contributed by atoms with Crippen LogP contribution < -0.4 is 10.9 Å². The number of thiocarbonyl (C=S) groups is 1. The second kappa shape index (κ2) is 8.62. The van der Waals surface area contributed by atoms with Gasteiger partial charge >= 0.3 is 0 Å². The first kappa shape index (κ1) is 20.0. The van der Waals surface area contributed by atoms with Gasteiger partial charge in [-0.2, -0.15) is 0 Å². The van der Waals surface area contributed by atoms with E-state index in [1.807, 2.05) is 0 Å². The predicted octanol–water partition coefficient (Wildman–Crippen LogP) is 1.48. The Hall–Kier alpha value is -2.27. The molecule has 0 aromatic carbocycles. The van der Waals surface area contributed by atoms with E-state index in [9.17, 15) is 9.59 Å². The molecule has 2 fully saturated rings. The fourth-order valence-electron chi connectivity index (χ4n) is 3.32. The third-order valence-corrected chi connectivity index (χ3v) is 6.11. The van der Waals surface area contributed by atoms with Gasteiger partial charge in [-0.1, -0.05) is 30.0 Å². The zero-order chi connectivity index (χ0) is 20.4. The van der Waals surface area contributed by atoms with Crippen LogP contribution in [0.25, 0.3) is 11.7 Å². The van der Waals surface area contributed by atoms with E-state index >= 15 is 0 Å². The zero-order valence-corrected chi connectivity index (χ0v) is 17.2. The maximum absolute atomic E-state index is 13.0. The van der Waals surface area contributed by atoms with E-state index < -0.39 is 0 Å². The molecule has 2 aromatic heterocycles. The van der Waals surface area contributed by atoms with Crippen LogP contribution in [-0.2, 0) is 9.53 Å². The van der Waals surface area contributed by atoms with Gasteiger partial charge < -0.3 is 15.2 Å². The number of anilines is 1. The molecule has 4 rings (SSSR count). The van der Waals surface area contributed by atoms with E-state index in [1.54, 1.807) is 24.4 Å². The van der Waals surface area contributed by atoms with Crippen LogP contribution in [0.4, 0.5) is 5.82 Å². The van der Waals surface area contributed by atoms with Gasteiger partial charge in [-0.25, -0.2) is 4.98 Å². The summed E-state index contributed by atoms with van der Waals surface area (Å²) in [6.45, 7) is 1.25. The van der Waals surface area contributed by atoms with Gasteiger partial charge in [-0.3, -0.25) is 18.9 Å². The SMILES string of the molecule is O=C1C(=Cc2c(NCCO)nc3ccccn3c2=O)SC(=S)N1CC1CCCO1. The van der Waals surface area contributed by atoms with E-state index in [4.69, 9.17) is 22.1 Å². The van der Waals surface area contributed by atoms with Gasteiger partial charge in [0.15, 0.2) is 0 Å². The van der Waals surface area contributed by atoms with Crippen molar-refractivity contribution in [3.8, 4) is 0 Å². The third kappa shape index (κ3) is 4.06. The molecule has 2 aliphatic heterocycles. The monoisotopic (exact) mass is 432 g/mol. The molecule has 1 amide bonds. The average molecular weight is 433 g/mol. The molecule has 2 aliphatic rings. The maximum Gasteiger partial charge on any atom is 0.267 e. The molecule has 29 heavy (non-hydrogen) atoms. The zero-order valence-electron chi connectivity index (χ0n) is 15.5. The molecule has 0 saturated carbocycles. The fourth-order valence-corrected chi connectivity index (χ4v) is 4.58. The number of nitrogens with one attached hydrogen (secondary N) is 1. The fraction of sp³-hybridized carbons (Fsp3) is 0.368. The molecule has 0 aliphatic carbocycles. The Balaban J connectivity index is 1.71. The Morgan fingerprint density at radius 3 is 3.03 bits per heavy atom. The second-order valence-corrected chi connectivity index (χ2v) is 8.36. The third-order valence-electron chi connectivity index (χ3n) is 4.73. The summed E-state index contributed by atoms with van der Waals surface area (Å²) < 4.78 is 7.49. The topological polar surface area (TPSA) is 96.2 Å². The molecule has 152 valence electrons. The quantitative estimate of drug-likeness (QED) is 0.524. The number of nitrogens with zero attached hydrogens (tertiary/aromatic N) is 3. The van der Waals surface area contributed by atoms with Crippen molar-refractivity contribution in [2.24, 2.45) is 0 Å². The smallest absolute Gasteiger partial charge is 0.267 e. The highest BCUT2D eigenvalue weighted by atomic mass is 32.2. The van der Waals surface area contributed by atoms with Crippen molar-refractivity contribution in [3.63, 3.8) is 0 Å². The summed E-state index contributed by atoms with van der Waals surface area (Å²) in [6.07, 6.45) is 5.03. The number of aliphatic hydroxyl groups excluding tert-OH is 1. The van der Waals surface area contributed by atoms with Crippen LogP contribution in [-0.4, -0.2) is 62.0 Å². The van der Waals surface area contributed by atoms with Gasteiger partial charge in [0.25, 0.3) is 11.5 Å². The van der Waals surface area contributed by atoms with Crippen molar-refractivity contribution in [1.29, 1.82) is 0 Å². The number of thioether (sulfide) groups is 1. The first-order valence-electron chi connectivity index (χ1n) is 9.31. The number of carbonyl (C=O) groups excluding carboxylic acids is 1. The van der Waals surface area contributed by atoms with E-state index in [2.05, 4.69) is 10.3 Å². The lowest BCUT2D eigenvalue weighted by atomic mass is 10.2. The van der Waals surface area contributed by atoms with E-state index in [1.165, 1.54) is 27.1 Å². The first-order chi connectivity index (χ1) is 14.1. The average Bonchev–Trinajstić information content (AvgIpc) is 3.33. The first-order valence-corrected chi connectivity index (χ1v) is 10.5. The minimum atomic E-state index is -0.305. The van der Waals surface area contributed by atoms with Gasteiger partial charge in [0.2, 0.25) is 0 Å². The minimum Gasteiger partial charge on any atom is -0.395 e. The molecular weight excluding hydrogens is 412 g/mol. The predicted molar refractivity (Wildman–Crippen MR) is 116 cm³/mol. The molecule has 2 saturated heterocycles. The van der Waals surface area contributed by atoms with E-state index in [0.29, 0.717) is 33.8 Å². The van der Waals surface area contributed by atoms with Crippen LogP contribution >= 0.6 is 24.0 Å². The molecule has 2 N–H and O–H groups in total. The van der Waals surface area contributed by atoms with Gasteiger partial charge in [-0.05, 0) is 31.1 Å². The number of rotatable bonds is 6. The van der Waals surface area contributed by atoms with E-state index in [-0.39, 0.29) is 36.3 Å². The van der Waals surface area contributed by atoms with Crippen molar-refractivity contribution >= 4 is 51.7 Å². The van der Waals surface area contributed by atoms with E-state index in [0.717, 1.165) is 12.8 Å². The highest BCUT2D eigenvalue weighted by molar-refractivity contribution is 8.26. The van der Waals surface area contributed by atoms with Crippen molar-refractivity contribution in [2.45, 2.75) is 18.9 Å². The summed E-state index contributed by atoms with van der Waals surface area (Å²) in [5.41, 5.74) is 0.418. The van der Waals surface area contributed by atoms with Crippen molar-refractivity contribution in [1.82, 2.24) is 14.3 Å². The van der Waals surface area contributed by atoms with Crippen molar-refractivity contribution in [2.75, 3.05) is 31.6 Å². The summed E-state index contributed by atoms with van der Waals surface area (Å²) in [5.74, 6) is 0.0841. The number of hydrogen-bond acceptors (Lipinski definition) is 8. The van der Waals surface area contributed by atoms with Crippen LogP contribution in [0.1, 0.15) is 18.4 Å². The number of pyridine rings is 1. The number of ether oxygens (including phenoxy) is 1. The second-order valence-electron chi connectivity index (χ2n) is 6.69. The molecule has 1 unspecified atom stereocenters. The van der Waals surface area contributed by atoms with Crippen LogP contribution in [0, 0.1) is 0 Å². The van der Waals surface area contributed by atoms with Crippen molar-refractivity contribution < 1.29 is 14.6 Å². The standard InChI is InChI=1S/C19H20N4O4S2/c24-8-6-20-16-13(17(25)22-7-2-1-5-15(22)21-16)10-14-18(26)23(19(28)29-14)11-12-4-3-9-27-12/h1-2,5,7,10,12,20,24H,3-4,6,8-9,11H2. The molecule has 0 bridgehead atoms. The molecule has 4 heterocycles. The van der Waals surface area contributed by atoms with Gasteiger partial charge in [0.1, 0.15) is 15.8 Å². The summed E-state index contributed by atoms with van der Waals surface area (Å²) in [5, 5.41) is 12.1. The van der Waals surface area contributed by atoms with Crippen LogP contribution in [0.5, 0.6) is 0 Å². The molecule has 10 heteroatoms. The van der Waals surface area contributed by atoms with Gasteiger partial charge in [-0.15, -0.1) is 0 Å². The lowest BCUT2D eigenvalue weighted by Crippen LogP contribution is -2.35. The van der Waals surface area contributed by atoms with Crippen molar-refractivity contribution in [3.05, 3.63) is 45.2 Å². The Labute approximate surface area is 176 Å². The Bertz CT molecular complexity index is 1050. The largest absolute Gasteiger partial charge is 0.395 e. The highest BCUT2D eigenvalue weighted by Crippen LogP contribution is 2.34. The van der Waals surface area contributed by atoms with Crippen LogP contribution in [0.15, 0.2) is 34.1 Å². The number of aliphatic hydroxyl groups is 1. The lowest BCUT2D eigenvalue weighted by Gasteiger charge is -2.18. The summed E-state index contributed by atoms with van der Waals surface area (Å²) >= 11 is 6.55. The number of aromatic nitrogens is 2. The number of carbonyl (C=O) groups is 1. The highest BCUT2D eigenvalue weighted by Gasteiger charge is 2.35. The summed E-state index contributed by atoms with van der Waals surface area (Å²) in [4.78, 5) is 32.3. The number of fused-ring (bicyclic) bond motifs is 1. The van der Waals surface area contributed by atoms with Gasteiger partial charge in [0.05, 0.1) is 29.7 Å². The normalized spacial score (nSPS) is 20.9. The Kier molecular flexibility index (Phi) is 5.95. The van der Waals surface area contributed by atoms with Gasteiger partial charge in [0, 0.05) is 19.3 Å². The maximum atomic E-state index is 13.0. The Morgan fingerprint density at radius 1 is 1.41 bits per heavy atom. The minimum absolute atomic E-state index is 0.00778. The molecule has 0 radical (unpaired) electrons. The molecule has 0 spiro atoms. The Morgan fingerprint density at radius 2 is 2.28 bits per heavy atom. The molecule has 1 atom stereocenters. The molecule has 8 nitrogen and oxygen atoms in total. The number of hydrogen-bond donors (Lipinski definition) is 2. The molecular formula is C19H20N4O4S2. The van der Waals surface area contributed by atoms with Crippen LogP contribution in [0.2, 0.25) is 0 Å². The summed E-state index contributed by atoms with van der Waals surface area (Å²) in [6, 6.07) is 5.24. The lowest BCUT2D eigenvalue weighted by molar-refractivity contribution is -0.123.